The molecule has 5 heteroatoms. The highest BCUT2D eigenvalue weighted by atomic mass is 16.6. The monoisotopic (exact) mass is 274 g/mol. The molecule has 1 amide bonds. The third kappa shape index (κ3) is 9.73. The average Bonchev–Trinajstić information content (AvgIpc) is 2.27. The third-order valence-electron chi connectivity index (χ3n) is 2.55. The molecule has 0 saturated heterocycles. The summed E-state index contributed by atoms with van der Waals surface area (Å²) in [5.74, 6) is 0. The molecule has 0 aromatic rings. The minimum Gasteiger partial charge on any atom is -0.444 e. The van der Waals surface area contributed by atoms with E-state index >= 15 is 0 Å². The number of carbonyl (C=O) groups is 1. The smallest absolute Gasteiger partial charge is 0.410 e. The summed E-state index contributed by atoms with van der Waals surface area (Å²) in [5, 5.41) is 3.35. The molecule has 5 nitrogen and oxygen atoms in total. The van der Waals surface area contributed by atoms with E-state index in [2.05, 4.69) is 12.2 Å². The quantitative estimate of drug-likeness (QED) is 0.690. The Morgan fingerprint density at radius 1 is 1.37 bits per heavy atom. The summed E-state index contributed by atoms with van der Waals surface area (Å²) in [6, 6.07) is 0.335. The second-order valence-electron chi connectivity index (χ2n) is 5.72. The summed E-state index contributed by atoms with van der Waals surface area (Å²) in [5.41, 5.74) is -0.435. The van der Waals surface area contributed by atoms with Crippen LogP contribution in [-0.2, 0) is 9.47 Å². The lowest BCUT2D eigenvalue weighted by molar-refractivity contribution is 0.0258. The molecule has 0 heterocycles. The van der Waals surface area contributed by atoms with E-state index in [9.17, 15) is 4.79 Å². The van der Waals surface area contributed by atoms with Crippen molar-refractivity contribution in [3.05, 3.63) is 0 Å². The lowest BCUT2D eigenvalue weighted by Crippen LogP contribution is -2.39. The van der Waals surface area contributed by atoms with E-state index in [0.717, 1.165) is 13.0 Å². The number of ether oxygens (including phenoxy) is 2. The van der Waals surface area contributed by atoms with Crippen LogP contribution in [0.3, 0.4) is 0 Å². The molecule has 0 aliphatic rings. The summed E-state index contributed by atoms with van der Waals surface area (Å²) < 4.78 is 10.4. The van der Waals surface area contributed by atoms with Crippen LogP contribution in [0, 0.1) is 0 Å². The van der Waals surface area contributed by atoms with E-state index < -0.39 is 5.60 Å². The van der Waals surface area contributed by atoms with Gasteiger partial charge in [0.2, 0.25) is 0 Å². The lowest BCUT2D eigenvalue weighted by atomic mass is 10.2. The van der Waals surface area contributed by atoms with E-state index in [-0.39, 0.29) is 6.09 Å². The third-order valence-corrected chi connectivity index (χ3v) is 2.55. The van der Waals surface area contributed by atoms with Gasteiger partial charge in [0.1, 0.15) is 5.60 Å². The zero-order valence-electron chi connectivity index (χ0n) is 13.3. The SMILES string of the molecule is CCN(CCCNC(C)COC)C(=O)OC(C)(C)C. The van der Waals surface area contributed by atoms with Crippen molar-refractivity contribution in [2.24, 2.45) is 0 Å². The Bertz CT molecular complexity index is 252. The minimum atomic E-state index is -0.435. The van der Waals surface area contributed by atoms with Gasteiger partial charge in [-0.05, 0) is 47.6 Å². The first kappa shape index (κ1) is 18.2. The van der Waals surface area contributed by atoms with Gasteiger partial charge in [0.25, 0.3) is 0 Å². The minimum absolute atomic E-state index is 0.236. The highest BCUT2D eigenvalue weighted by molar-refractivity contribution is 5.68. The van der Waals surface area contributed by atoms with Crippen molar-refractivity contribution in [3.63, 3.8) is 0 Å². The molecule has 0 saturated carbocycles. The van der Waals surface area contributed by atoms with Gasteiger partial charge in [-0.25, -0.2) is 4.79 Å². The molecule has 0 aromatic heterocycles. The Morgan fingerprint density at radius 2 is 2.00 bits per heavy atom. The van der Waals surface area contributed by atoms with Crippen LogP contribution >= 0.6 is 0 Å². The zero-order chi connectivity index (χ0) is 14.9. The van der Waals surface area contributed by atoms with Gasteiger partial charge in [-0.15, -0.1) is 0 Å². The van der Waals surface area contributed by atoms with Gasteiger partial charge in [-0.2, -0.15) is 0 Å². The summed E-state index contributed by atoms with van der Waals surface area (Å²) in [7, 11) is 1.69. The molecule has 1 atom stereocenters. The number of nitrogens with zero attached hydrogens (tertiary/aromatic N) is 1. The van der Waals surface area contributed by atoms with E-state index in [1.165, 1.54) is 0 Å². The van der Waals surface area contributed by atoms with Crippen molar-refractivity contribution in [1.82, 2.24) is 10.2 Å². The van der Waals surface area contributed by atoms with Crippen LogP contribution in [0.25, 0.3) is 0 Å². The number of nitrogens with one attached hydrogen (secondary N) is 1. The lowest BCUT2D eigenvalue weighted by Gasteiger charge is -2.26. The van der Waals surface area contributed by atoms with E-state index in [0.29, 0.717) is 25.7 Å². The van der Waals surface area contributed by atoms with Crippen LogP contribution in [-0.4, -0.2) is 56.0 Å². The Morgan fingerprint density at radius 3 is 2.47 bits per heavy atom. The number of hydrogen-bond donors (Lipinski definition) is 1. The summed E-state index contributed by atoms with van der Waals surface area (Å²) in [6.45, 7) is 12.6. The fourth-order valence-corrected chi connectivity index (χ4v) is 1.63. The maximum atomic E-state index is 11.9. The Kier molecular flexibility index (Phi) is 8.76. The first-order chi connectivity index (χ1) is 8.80. The van der Waals surface area contributed by atoms with E-state index in [1.807, 2.05) is 27.7 Å². The molecule has 0 aliphatic carbocycles. The molecule has 1 N–H and O–H groups in total. The molecule has 19 heavy (non-hydrogen) atoms. The summed E-state index contributed by atoms with van der Waals surface area (Å²) in [4.78, 5) is 13.6. The summed E-state index contributed by atoms with van der Waals surface area (Å²) >= 11 is 0. The first-order valence-corrected chi connectivity index (χ1v) is 7.00. The van der Waals surface area contributed by atoms with Crippen LogP contribution in [0.2, 0.25) is 0 Å². The molecule has 1 unspecified atom stereocenters. The Labute approximate surface area is 117 Å². The predicted molar refractivity (Wildman–Crippen MR) is 77.4 cm³/mol. The number of amides is 1. The number of carbonyl (C=O) groups excluding carboxylic acids is 1. The molecule has 0 spiro atoms. The van der Waals surface area contributed by atoms with Gasteiger partial charge >= 0.3 is 6.09 Å². The maximum absolute atomic E-state index is 11.9. The fraction of sp³-hybridized carbons (Fsp3) is 0.929. The predicted octanol–water partition coefficient (Wildman–Crippen LogP) is 2.26. The van der Waals surface area contributed by atoms with Crippen molar-refractivity contribution in [2.45, 2.75) is 52.7 Å². The van der Waals surface area contributed by atoms with Crippen LogP contribution in [0.4, 0.5) is 4.79 Å². The standard InChI is InChI=1S/C14H30N2O3/c1-7-16(13(17)19-14(3,4)5)10-8-9-15-12(2)11-18-6/h12,15H,7-11H2,1-6H3. The number of methoxy groups -OCH3 is 1. The van der Waals surface area contributed by atoms with Crippen molar-refractivity contribution >= 4 is 6.09 Å². The van der Waals surface area contributed by atoms with E-state index in [4.69, 9.17) is 9.47 Å². The van der Waals surface area contributed by atoms with Crippen LogP contribution < -0.4 is 5.32 Å². The Hall–Kier alpha value is -0.810. The first-order valence-electron chi connectivity index (χ1n) is 7.00. The van der Waals surface area contributed by atoms with Crippen LogP contribution in [0.1, 0.15) is 41.0 Å². The van der Waals surface area contributed by atoms with Crippen molar-refractivity contribution < 1.29 is 14.3 Å². The second-order valence-corrected chi connectivity index (χ2v) is 5.72. The molecule has 0 radical (unpaired) electrons. The molecule has 0 fully saturated rings. The normalized spacial score (nSPS) is 13.2. The van der Waals surface area contributed by atoms with Gasteiger partial charge in [0.05, 0.1) is 6.61 Å². The van der Waals surface area contributed by atoms with Crippen molar-refractivity contribution in [1.29, 1.82) is 0 Å². The highest BCUT2D eigenvalue weighted by Gasteiger charge is 2.20. The molecule has 0 aromatic carbocycles. The zero-order valence-corrected chi connectivity index (χ0v) is 13.3. The van der Waals surface area contributed by atoms with Gasteiger partial charge in [-0.1, -0.05) is 0 Å². The topological polar surface area (TPSA) is 50.8 Å². The van der Waals surface area contributed by atoms with Gasteiger partial charge < -0.3 is 19.7 Å². The number of hydrogen-bond acceptors (Lipinski definition) is 4. The van der Waals surface area contributed by atoms with Crippen molar-refractivity contribution in [2.75, 3.05) is 33.4 Å². The molecule has 0 bridgehead atoms. The van der Waals surface area contributed by atoms with Gasteiger partial charge in [-0.3, -0.25) is 0 Å². The second kappa shape index (κ2) is 9.15. The number of rotatable bonds is 8. The molecular weight excluding hydrogens is 244 g/mol. The van der Waals surface area contributed by atoms with Crippen molar-refractivity contribution in [3.8, 4) is 0 Å². The average molecular weight is 274 g/mol. The van der Waals surface area contributed by atoms with Gasteiger partial charge in [0, 0.05) is 26.2 Å². The molecule has 0 rings (SSSR count). The largest absolute Gasteiger partial charge is 0.444 e. The van der Waals surface area contributed by atoms with E-state index in [1.54, 1.807) is 12.0 Å². The molecular formula is C14H30N2O3. The summed E-state index contributed by atoms with van der Waals surface area (Å²) in [6.07, 6.45) is 0.668. The maximum Gasteiger partial charge on any atom is 0.410 e. The van der Waals surface area contributed by atoms with Gasteiger partial charge in [0.15, 0.2) is 0 Å². The van der Waals surface area contributed by atoms with Crippen LogP contribution in [0.5, 0.6) is 0 Å². The Balaban J connectivity index is 3.91. The molecule has 114 valence electrons. The fourth-order valence-electron chi connectivity index (χ4n) is 1.63. The van der Waals surface area contributed by atoms with Crippen LogP contribution in [0.15, 0.2) is 0 Å². The molecule has 0 aliphatic heterocycles. The highest BCUT2D eigenvalue weighted by Crippen LogP contribution is 2.09.